The SMILES string of the molecule is C[C@]12CC/C(=N/OCCN)C3(CCCC3)C1=CC[C@@H]1[C@@H]2CC[C@]2(C)C(=O)CC[C@@H]12. The van der Waals surface area contributed by atoms with Crippen LogP contribution in [-0.4, -0.2) is 24.6 Å². The van der Waals surface area contributed by atoms with Crippen molar-refractivity contribution in [3.8, 4) is 0 Å². The van der Waals surface area contributed by atoms with Gasteiger partial charge in [0, 0.05) is 23.8 Å². The van der Waals surface area contributed by atoms with Crippen molar-refractivity contribution in [2.75, 3.05) is 13.2 Å². The molecule has 0 aromatic heterocycles. The summed E-state index contributed by atoms with van der Waals surface area (Å²) in [6, 6.07) is 0. The minimum atomic E-state index is -0.0364. The molecule has 0 aromatic rings. The summed E-state index contributed by atoms with van der Waals surface area (Å²) >= 11 is 0. The third-order valence-corrected chi connectivity index (χ3v) is 9.96. The van der Waals surface area contributed by atoms with Crippen LogP contribution < -0.4 is 5.73 Å². The molecule has 0 heterocycles. The maximum Gasteiger partial charge on any atom is 0.139 e. The molecule has 2 N–H and O–H groups in total. The number of hydrogen-bond donors (Lipinski definition) is 1. The van der Waals surface area contributed by atoms with Gasteiger partial charge >= 0.3 is 0 Å². The first kappa shape index (κ1) is 19.8. The fraction of sp³-hybridized carbons (Fsp3) is 0.840. The highest BCUT2D eigenvalue weighted by atomic mass is 16.6. The summed E-state index contributed by atoms with van der Waals surface area (Å²) in [5.41, 5.74) is 8.98. The van der Waals surface area contributed by atoms with Gasteiger partial charge in [-0.15, -0.1) is 0 Å². The maximum atomic E-state index is 12.7. The molecule has 0 bridgehead atoms. The highest BCUT2D eigenvalue weighted by molar-refractivity contribution is 5.94. The van der Waals surface area contributed by atoms with Crippen LogP contribution in [0.3, 0.4) is 0 Å². The monoisotopic (exact) mass is 398 g/mol. The second-order valence-corrected chi connectivity index (χ2v) is 11.0. The fourth-order valence-corrected chi connectivity index (χ4v) is 8.55. The summed E-state index contributed by atoms with van der Waals surface area (Å²) in [5, 5.41) is 4.66. The molecule has 29 heavy (non-hydrogen) atoms. The van der Waals surface area contributed by atoms with E-state index in [1.807, 2.05) is 0 Å². The number of nitrogens with zero attached hydrogens (tertiary/aromatic N) is 1. The van der Waals surface area contributed by atoms with Crippen molar-refractivity contribution in [1.29, 1.82) is 0 Å². The molecule has 5 aliphatic carbocycles. The number of Topliss-reactive ketones (excluding diaryl/α,β-unsaturated/α-hetero) is 1. The van der Waals surface area contributed by atoms with Crippen LogP contribution in [0.1, 0.15) is 84.5 Å². The Hall–Kier alpha value is -1.16. The first-order valence-corrected chi connectivity index (χ1v) is 12.1. The summed E-state index contributed by atoms with van der Waals surface area (Å²) in [6.07, 6.45) is 15.4. The quantitative estimate of drug-likeness (QED) is 0.412. The first-order chi connectivity index (χ1) is 14.0. The molecule has 5 rings (SSSR count). The molecule has 0 aliphatic heterocycles. The Balaban J connectivity index is 1.52. The van der Waals surface area contributed by atoms with Crippen LogP contribution in [0.5, 0.6) is 0 Å². The van der Waals surface area contributed by atoms with Gasteiger partial charge in [0.1, 0.15) is 12.4 Å². The van der Waals surface area contributed by atoms with Crippen molar-refractivity contribution >= 4 is 11.5 Å². The average molecular weight is 399 g/mol. The standard InChI is InChI=1S/C25H38N2O2/c1-23-14-10-21(27-29-16-15-26)25(11-3-4-12-25)20(23)7-5-17-18-6-8-22(28)24(18,2)13-9-19(17)23/h7,17-19H,3-6,8-16,26H2,1-2H3/b27-21-/t17-,18-,19-,23+,24-/m0/s1. The Morgan fingerprint density at radius 2 is 1.83 bits per heavy atom. The Labute approximate surface area is 175 Å². The van der Waals surface area contributed by atoms with Gasteiger partial charge in [-0.2, -0.15) is 0 Å². The smallest absolute Gasteiger partial charge is 0.139 e. The largest absolute Gasteiger partial charge is 0.394 e. The van der Waals surface area contributed by atoms with Crippen LogP contribution in [0.4, 0.5) is 0 Å². The maximum absolute atomic E-state index is 12.7. The van der Waals surface area contributed by atoms with Crippen LogP contribution in [0, 0.1) is 34.0 Å². The van der Waals surface area contributed by atoms with Crippen molar-refractivity contribution in [2.45, 2.75) is 84.5 Å². The second-order valence-electron chi connectivity index (χ2n) is 11.0. The number of ketones is 1. The average Bonchev–Trinajstić information content (AvgIpc) is 3.30. The molecule has 5 atom stereocenters. The number of oxime groups is 1. The lowest BCUT2D eigenvalue weighted by Crippen LogP contribution is -2.54. The van der Waals surface area contributed by atoms with Crippen LogP contribution >= 0.6 is 0 Å². The highest BCUT2D eigenvalue weighted by Crippen LogP contribution is 2.68. The topological polar surface area (TPSA) is 64.7 Å². The lowest BCUT2D eigenvalue weighted by Gasteiger charge is -2.60. The Morgan fingerprint density at radius 3 is 2.59 bits per heavy atom. The zero-order valence-electron chi connectivity index (χ0n) is 18.3. The molecular weight excluding hydrogens is 360 g/mol. The zero-order valence-corrected chi connectivity index (χ0v) is 18.3. The first-order valence-electron chi connectivity index (χ1n) is 12.1. The molecule has 0 radical (unpaired) electrons. The normalized spacial score (nSPS) is 44.4. The Kier molecular flexibility index (Phi) is 4.73. The summed E-state index contributed by atoms with van der Waals surface area (Å²) < 4.78 is 0. The number of carbonyl (C=O) groups excluding carboxylic acids is 1. The minimum Gasteiger partial charge on any atom is -0.394 e. The van der Waals surface area contributed by atoms with Gasteiger partial charge in [0.25, 0.3) is 0 Å². The van der Waals surface area contributed by atoms with Gasteiger partial charge in [-0.05, 0) is 74.5 Å². The van der Waals surface area contributed by atoms with Gasteiger partial charge in [0.2, 0.25) is 0 Å². The van der Waals surface area contributed by atoms with E-state index >= 15 is 0 Å². The molecule has 0 unspecified atom stereocenters. The molecule has 1 spiro atoms. The number of hydrogen-bond acceptors (Lipinski definition) is 4. The van der Waals surface area contributed by atoms with Crippen molar-refractivity contribution in [1.82, 2.24) is 0 Å². The van der Waals surface area contributed by atoms with E-state index in [2.05, 4.69) is 25.1 Å². The minimum absolute atomic E-state index is 0.0364. The van der Waals surface area contributed by atoms with Gasteiger partial charge < -0.3 is 10.6 Å². The Morgan fingerprint density at radius 1 is 1.07 bits per heavy atom. The molecule has 0 saturated heterocycles. The van der Waals surface area contributed by atoms with E-state index in [0.29, 0.717) is 30.8 Å². The predicted molar refractivity (Wildman–Crippen MR) is 115 cm³/mol. The van der Waals surface area contributed by atoms with Gasteiger partial charge in [0.05, 0.1) is 5.71 Å². The van der Waals surface area contributed by atoms with Crippen LogP contribution in [0.25, 0.3) is 0 Å². The number of allylic oxidation sites excluding steroid dienone is 2. The third kappa shape index (κ3) is 2.66. The van der Waals surface area contributed by atoms with Crippen LogP contribution in [0.15, 0.2) is 16.8 Å². The van der Waals surface area contributed by atoms with Crippen molar-refractivity contribution < 1.29 is 9.63 Å². The van der Waals surface area contributed by atoms with E-state index in [4.69, 9.17) is 10.6 Å². The lowest BCUT2D eigenvalue weighted by molar-refractivity contribution is -0.131. The number of fused-ring (bicyclic) bond motifs is 6. The van der Waals surface area contributed by atoms with Crippen molar-refractivity contribution in [3.05, 3.63) is 11.6 Å². The molecule has 4 heteroatoms. The molecule has 4 nitrogen and oxygen atoms in total. The fourth-order valence-electron chi connectivity index (χ4n) is 8.55. The summed E-state index contributed by atoms with van der Waals surface area (Å²) in [4.78, 5) is 18.3. The number of rotatable bonds is 3. The van der Waals surface area contributed by atoms with E-state index < -0.39 is 0 Å². The molecule has 4 saturated carbocycles. The summed E-state index contributed by atoms with van der Waals surface area (Å²) in [5.74, 6) is 2.57. The van der Waals surface area contributed by atoms with Crippen LogP contribution in [-0.2, 0) is 9.63 Å². The molecule has 4 fully saturated rings. The van der Waals surface area contributed by atoms with E-state index in [9.17, 15) is 4.79 Å². The predicted octanol–water partition coefficient (Wildman–Crippen LogP) is 5.02. The molecule has 0 amide bonds. The van der Waals surface area contributed by atoms with E-state index in [-0.39, 0.29) is 16.2 Å². The molecule has 0 aromatic carbocycles. The lowest BCUT2D eigenvalue weighted by atomic mass is 9.44. The summed E-state index contributed by atoms with van der Waals surface area (Å²) in [7, 11) is 0. The molecule has 5 aliphatic rings. The van der Waals surface area contributed by atoms with Gasteiger partial charge in [-0.3, -0.25) is 4.79 Å². The highest BCUT2D eigenvalue weighted by Gasteiger charge is 2.62. The zero-order chi connectivity index (χ0) is 20.3. The third-order valence-electron chi connectivity index (χ3n) is 9.96. The number of carbonyl (C=O) groups is 1. The van der Waals surface area contributed by atoms with Crippen molar-refractivity contribution in [3.63, 3.8) is 0 Å². The van der Waals surface area contributed by atoms with E-state index in [1.54, 1.807) is 5.57 Å². The molecular formula is C25H38N2O2. The van der Waals surface area contributed by atoms with Crippen LogP contribution in [0.2, 0.25) is 0 Å². The second kappa shape index (κ2) is 6.93. The number of nitrogens with two attached hydrogens (primary N) is 1. The van der Waals surface area contributed by atoms with Gasteiger partial charge in [-0.1, -0.05) is 43.5 Å². The van der Waals surface area contributed by atoms with Crippen molar-refractivity contribution in [2.24, 2.45) is 44.9 Å². The van der Waals surface area contributed by atoms with E-state index in [0.717, 1.165) is 31.6 Å². The summed E-state index contributed by atoms with van der Waals surface area (Å²) in [6.45, 7) is 5.87. The van der Waals surface area contributed by atoms with E-state index in [1.165, 1.54) is 50.7 Å². The molecule has 160 valence electrons. The Bertz CT molecular complexity index is 750. The van der Waals surface area contributed by atoms with Gasteiger partial charge in [-0.25, -0.2) is 0 Å². The van der Waals surface area contributed by atoms with Gasteiger partial charge in [0.15, 0.2) is 0 Å².